The summed E-state index contributed by atoms with van der Waals surface area (Å²) in [4.78, 5) is 45.9. The molecule has 2 fully saturated rings. The van der Waals surface area contributed by atoms with Crippen molar-refractivity contribution in [2.75, 3.05) is 0 Å². The van der Waals surface area contributed by atoms with E-state index < -0.39 is 71.5 Å². The van der Waals surface area contributed by atoms with Crippen molar-refractivity contribution in [1.82, 2.24) is 0 Å². The summed E-state index contributed by atoms with van der Waals surface area (Å²) in [6, 6.07) is -2.09. The molecule has 0 spiro atoms. The zero-order valence-corrected chi connectivity index (χ0v) is 14.0. The second kappa shape index (κ2) is 7.58. The lowest BCUT2D eigenvalue weighted by Gasteiger charge is -2.44. The number of hydrogen-bond donors (Lipinski definition) is 6. The van der Waals surface area contributed by atoms with E-state index in [0.717, 1.165) is 0 Å². The standard InChI is InChI=1S/C16H24N2O8/c17-11-7(13(19)20)1-5(2-8(11)14(21)22)6-3-9(15(23)24)12(18)10(4-6)16(25)26/h5-12H,1-4,17-18H2,(H,19,20)(H,21,22)(H,23,24)(H,25,26). The molecule has 2 rings (SSSR count). The minimum Gasteiger partial charge on any atom is -0.481 e. The average molecular weight is 372 g/mol. The zero-order valence-electron chi connectivity index (χ0n) is 14.0. The van der Waals surface area contributed by atoms with Gasteiger partial charge in [0.15, 0.2) is 0 Å². The summed E-state index contributed by atoms with van der Waals surface area (Å²) in [5, 5.41) is 37.5. The van der Waals surface area contributed by atoms with Crippen LogP contribution >= 0.6 is 0 Å². The van der Waals surface area contributed by atoms with Crippen molar-refractivity contribution < 1.29 is 39.6 Å². The van der Waals surface area contributed by atoms with Crippen LogP contribution in [0.4, 0.5) is 0 Å². The predicted octanol–water partition coefficient (Wildman–Crippen LogP) is -0.736. The molecule has 0 aromatic carbocycles. The van der Waals surface area contributed by atoms with Crippen molar-refractivity contribution in [1.29, 1.82) is 0 Å². The van der Waals surface area contributed by atoms with E-state index >= 15 is 0 Å². The van der Waals surface area contributed by atoms with E-state index in [1.165, 1.54) is 0 Å². The van der Waals surface area contributed by atoms with Crippen molar-refractivity contribution >= 4 is 23.9 Å². The highest BCUT2D eigenvalue weighted by atomic mass is 16.4. The number of carboxylic acid groups (broad SMARTS) is 4. The summed E-state index contributed by atoms with van der Waals surface area (Å²) in [7, 11) is 0. The van der Waals surface area contributed by atoms with Gasteiger partial charge in [0, 0.05) is 12.1 Å². The van der Waals surface area contributed by atoms with Gasteiger partial charge in [-0.05, 0) is 37.5 Å². The average Bonchev–Trinajstić information content (AvgIpc) is 2.54. The van der Waals surface area contributed by atoms with Crippen LogP contribution < -0.4 is 11.5 Å². The molecule has 2 aliphatic rings. The molecule has 0 aliphatic heterocycles. The molecular formula is C16H24N2O8. The molecule has 0 amide bonds. The van der Waals surface area contributed by atoms with Crippen LogP contribution in [0.1, 0.15) is 25.7 Å². The Morgan fingerprint density at radius 1 is 0.538 bits per heavy atom. The Morgan fingerprint density at radius 3 is 0.885 bits per heavy atom. The fourth-order valence-electron chi connectivity index (χ4n) is 4.52. The number of rotatable bonds is 5. The number of nitrogens with two attached hydrogens (primary N) is 2. The molecule has 0 heterocycles. The predicted molar refractivity (Wildman–Crippen MR) is 85.9 cm³/mol. The van der Waals surface area contributed by atoms with Crippen LogP contribution in [0.5, 0.6) is 0 Å². The molecule has 0 aromatic heterocycles. The molecule has 0 bridgehead atoms. The van der Waals surface area contributed by atoms with Gasteiger partial charge in [-0.25, -0.2) is 0 Å². The van der Waals surface area contributed by atoms with Crippen molar-refractivity contribution in [3.8, 4) is 0 Å². The van der Waals surface area contributed by atoms with E-state index in [4.69, 9.17) is 11.5 Å². The molecular weight excluding hydrogens is 348 g/mol. The third-order valence-corrected chi connectivity index (χ3v) is 6.02. The van der Waals surface area contributed by atoms with Gasteiger partial charge in [-0.1, -0.05) is 0 Å². The van der Waals surface area contributed by atoms with Gasteiger partial charge >= 0.3 is 23.9 Å². The summed E-state index contributed by atoms with van der Waals surface area (Å²) >= 11 is 0. The van der Waals surface area contributed by atoms with Crippen LogP contribution in [-0.4, -0.2) is 56.4 Å². The summed E-state index contributed by atoms with van der Waals surface area (Å²) < 4.78 is 0. The van der Waals surface area contributed by atoms with Crippen LogP contribution in [0.15, 0.2) is 0 Å². The SMILES string of the molecule is NC1C(C(=O)O)CC(C2CC(C(=O)O)C(N)C(C(=O)O)C2)CC1C(=O)O. The zero-order chi connectivity index (χ0) is 19.8. The Kier molecular flexibility index (Phi) is 5.87. The van der Waals surface area contributed by atoms with Gasteiger partial charge in [0.2, 0.25) is 0 Å². The van der Waals surface area contributed by atoms with Crippen molar-refractivity contribution in [3.63, 3.8) is 0 Å². The lowest BCUT2D eigenvalue weighted by atomic mass is 9.61. The molecule has 10 nitrogen and oxygen atoms in total. The topological polar surface area (TPSA) is 201 Å². The third-order valence-electron chi connectivity index (χ3n) is 6.02. The number of carbonyl (C=O) groups is 4. The first kappa shape index (κ1) is 20.1. The molecule has 2 aliphatic carbocycles. The summed E-state index contributed by atoms with van der Waals surface area (Å²) in [6.07, 6.45) is 0.384. The van der Waals surface area contributed by atoms with Crippen molar-refractivity contribution in [2.24, 2.45) is 47.0 Å². The van der Waals surface area contributed by atoms with Gasteiger partial charge in [-0.2, -0.15) is 0 Å². The molecule has 4 unspecified atom stereocenters. The molecule has 4 atom stereocenters. The lowest BCUT2D eigenvalue weighted by Crippen LogP contribution is -2.54. The van der Waals surface area contributed by atoms with Crippen LogP contribution in [0, 0.1) is 35.5 Å². The minimum absolute atomic E-state index is 0.0961. The molecule has 26 heavy (non-hydrogen) atoms. The first-order chi connectivity index (χ1) is 12.0. The first-order valence-corrected chi connectivity index (χ1v) is 8.46. The number of aliphatic carboxylic acids is 4. The quantitative estimate of drug-likeness (QED) is 0.357. The largest absolute Gasteiger partial charge is 0.481 e. The van der Waals surface area contributed by atoms with Crippen molar-refractivity contribution in [3.05, 3.63) is 0 Å². The van der Waals surface area contributed by atoms with E-state index in [9.17, 15) is 39.6 Å². The highest BCUT2D eigenvalue weighted by Gasteiger charge is 2.49. The van der Waals surface area contributed by atoms with Crippen molar-refractivity contribution in [2.45, 2.75) is 37.8 Å². The second-order valence-corrected chi connectivity index (χ2v) is 7.40. The second-order valence-electron chi connectivity index (χ2n) is 7.40. The monoisotopic (exact) mass is 372 g/mol. The molecule has 0 saturated heterocycles. The summed E-state index contributed by atoms with van der Waals surface area (Å²) in [5.41, 5.74) is 11.6. The maximum atomic E-state index is 11.5. The molecule has 10 heteroatoms. The maximum absolute atomic E-state index is 11.5. The Morgan fingerprint density at radius 2 is 0.731 bits per heavy atom. The fraction of sp³-hybridized carbons (Fsp3) is 0.750. The van der Waals surface area contributed by atoms with Gasteiger partial charge in [-0.15, -0.1) is 0 Å². The Labute approximate surface area is 149 Å². The van der Waals surface area contributed by atoms with Gasteiger partial charge in [-0.3, -0.25) is 19.2 Å². The van der Waals surface area contributed by atoms with E-state index in [0.29, 0.717) is 0 Å². The Bertz CT molecular complexity index is 509. The van der Waals surface area contributed by atoms with E-state index in [1.807, 2.05) is 0 Å². The van der Waals surface area contributed by atoms with Crippen LogP contribution in [0.3, 0.4) is 0 Å². The Hall–Kier alpha value is -2.20. The first-order valence-electron chi connectivity index (χ1n) is 8.46. The Balaban J connectivity index is 2.29. The van der Waals surface area contributed by atoms with Gasteiger partial charge in [0.1, 0.15) is 0 Å². The van der Waals surface area contributed by atoms with Gasteiger partial charge in [0.05, 0.1) is 23.7 Å². The molecule has 8 N–H and O–H groups in total. The van der Waals surface area contributed by atoms with E-state index in [-0.39, 0.29) is 25.7 Å². The third kappa shape index (κ3) is 3.80. The molecule has 0 radical (unpaired) electrons. The van der Waals surface area contributed by atoms with Crippen LogP contribution in [0.2, 0.25) is 0 Å². The van der Waals surface area contributed by atoms with Crippen LogP contribution in [0.25, 0.3) is 0 Å². The normalized spacial score (nSPS) is 40.5. The highest BCUT2D eigenvalue weighted by Crippen LogP contribution is 2.45. The summed E-state index contributed by atoms with van der Waals surface area (Å²) in [6.45, 7) is 0. The lowest BCUT2D eigenvalue weighted by molar-refractivity contribution is -0.156. The number of carboxylic acids is 4. The van der Waals surface area contributed by atoms with Gasteiger partial charge < -0.3 is 31.9 Å². The maximum Gasteiger partial charge on any atom is 0.308 e. The molecule has 0 aromatic rings. The minimum atomic E-state index is -1.20. The smallest absolute Gasteiger partial charge is 0.308 e. The molecule has 146 valence electrons. The molecule has 2 saturated carbocycles. The van der Waals surface area contributed by atoms with Gasteiger partial charge in [0.25, 0.3) is 0 Å². The highest BCUT2D eigenvalue weighted by molar-refractivity contribution is 5.77. The summed E-state index contributed by atoms with van der Waals surface area (Å²) in [5.74, 6) is -9.98. The van der Waals surface area contributed by atoms with Crippen LogP contribution in [-0.2, 0) is 19.2 Å². The van der Waals surface area contributed by atoms with E-state index in [2.05, 4.69) is 0 Å². The fourth-order valence-corrected chi connectivity index (χ4v) is 4.52. The van der Waals surface area contributed by atoms with E-state index in [1.54, 1.807) is 0 Å². The number of hydrogen-bond acceptors (Lipinski definition) is 6.